The fraction of sp³-hybridized carbons (Fsp3) is 0. The summed E-state index contributed by atoms with van der Waals surface area (Å²) in [6, 6.07) is 24.0. The highest BCUT2D eigenvalue weighted by molar-refractivity contribution is 5.72. The van der Waals surface area contributed by atoms with Gasteiger partial charge in [0.1, 0.15) is 34.5 Å². The molecule has 0 fully saturated rings. The Bertz CT molecular complexity index is 1160. The number of aromatic hydroxyl groups is 4. The summed E-state index contributed by atoms with van der Waals surface area (Å²) in [4.78, 5) is 0. The van der Waals surface area contributed by atoms with Gasteiger partial charge in [0.2, 0.25) is 0 Å². The van der Waals surface area contributed by atoms with E-state index in [0.717, 1.165) is 11.1 Å². The van der Waals surface area contributed by atoms with Crippen molar-refractivity contribution in [2.45, 2.75) is 0 Å². The summed E-state index contributed by atoms with van der Waals surface area (Å²) >= 11 is 0. The molecule has 164 valence electrons. The third kappa shape index (κ3) is 6.18. The van der Waals surface area contributed by atoms with Crippen molar-refractivity contribution < 1.29 is 25.2 Å². The molecule has 0 saturated heterocycles. The molecule has 0 atom stereocenters. The van der Waals surface area contributed by atoms with Crippen LogP contribution in [0.2, 0.25) is 0 Å². The van der Waals surface area contributed by atoms with Gasteiger partial charge in [0.05, 0.1) is 0 Å². The molecule has 4 aromatic rings. The molecule has 33 heavy (non-hydrogen) atoms. The molecule has 0 radical (unpaired) electrons. The van der Waals surface area contributed by atoms with Crippen LogP contribution in [0.4, 0.5) is 0 Å². The first-order chi connectivity index (χ1) is 15.9. The predicted octanol–water partition coefficient (Wildman–Crippen LogP) is 6.64. The largest absolute Gasteiger partial charge is 0.508 e. The normalized spacial score (nSPS) is 11.3. The van der Waals surface area contributed by atoms with Crippen molar-refractivity contribution in [1.82, 2.24) is 0 Å². The van der Waals surface area contributed by atoms with Gasteiger partial charge in [-0.3, -0.25) is 0 Å². The molecule has 0 spiro atoms. The fourth-order valence-corrected chi connectivity index (χ4v) is 3.24. The zero-order chi connectivity index (χ0) is 23.2. The minimum atomic E-state index is 0.0126. The van der Waals surface area contributed by atoms with E-state index in [1.54, 1.807) is 36.4 Å². The highest BCUT2D eigenvalue weighted by Gasteiger charge is 2.00. The third-order valence-electron chi connectivity index (χ3n) is 4.78. The van der Waals surface area contributed by atoms with Crippen LogP contribution in [0.5, 0.6) is 34.5 Å². The summed E-state index contributed by atoms with van der Waals surface area (Å²) < 4.78 is 5.90. The molecule has 0 amide bonds. The van der Waals surface area contributed by atoms with Crippen LogP contribution in [0.15, 0.2) is 84.9 Å². The number of rotatable bonds is 6. The van der Waals surface area contributed by atoms with Crippen molar-refractivity contribution in [3.63, 3.8) is 0 Å². The Morgan fingerprint density at radius 2 is 0.697 bits per heavy atom. The van der Waals surface area contributed by atoms with Crippen LogP contribution in [0, 0.1) is 0 Å². The van der Waals surface area contributed by atoms with Crippen LogP contribution in [0.25, 0.3) is 24.3 Å². The van der Waals surface area contributed by atoms with E-state index in [9.17, 15) is 20.4 Å². The second-order valence-corrected chi connectivity index (χ2v) is 7.47. The van der Waals surface area contributed by atoms with E-state index in [-0.39, 0.29) is 23.0 Å². The monoisotopic (exact) mass is 438 g/mol. The van der Waals surface area contributed by atoms with Gasteiger partial charge < -0.3 is 25.2 Å². The van der Waals surface area contributed by atoms with Gasteiger partial charge >= 0.3 is 0 Å². The molecule has 0 bridgehead atoms. The Hall–Kier alpha value is -4.64. The van der Waals surface area contributed by atoms with E-state index in [0.29, 0.717) is 22.6 Å². The first-order valence-electron chi connectivity index (χ1n) is 10.2. The highest BCUT2D eigenvalue weighted by Crippen LogP contribution is 2.26. The standard InChI is InChI=1S/C28H22O5/c29-23-13-21(14-24(30)17-23)3-1-19-5-9-27(10-6-19)33-28-11-7-20(8-12-28)2-4-22-15-25(31)18-26(32)16-22/h1-18,29-32H. The number of hydrogen-bond donors (Lipinski definition) is 4. The topological polar surface area (TPSA) is 90.2 Å². The first kappa shape index (κ1) is 21.6. The molecule has 5 nitrogen and oxygen atoms in total. The summed E-state index contributed by atoms with van der Waals surface area (Å²) in [6.45, 7) is 0. The van der Waals surface area contributed by atoms with Crippen LogP contribution in [-0.4, -0.2) is 20.4 Å². The zero-order valence-electron chi connectivity index (χ0n) is 17.6. The second kappa shape index (κ2) is 9.66. The maximum Gasteiger partial charge on any atom is 0.127 e. The third-order valence-corrected chi connectivity index (χ3v) is 4.78. The van der Waals surface area contributed by atoms with Gasteiger partial charge in [-0.1, -0.05) is 48.6 Å². The second-order valence-electron chi connectivity index (χ2n) is 7.47. The lowest BCUT2D eigenvalue weighted by Gasteiger charge is -2.06. The van der Waals surface area contributed by atoms with Crippen molar-refractivity contribution in [3.05, 3.63) is 107 Å². The molecular formula is C28H22O5. The molecule has 0 aliphatic carbocycles. The number of ether oxygens (including phenoxy) is 1. The van der Waals surface area contributed by atoms with E-state index in [4.69, 9.17) is 4.74 Å². The SMILES string of the molecule is Oc1cc(O)cc(C=Cc2ccc(Oc3ccc(C=Cc4cc(O)cc(O)c4)cc3)cc2)c1. The highest BCUT2D eigenvalue weighted by atomic mass is 16.5. The quantitative estimate of drug-likeness (QED) is 0.253. The molecule has 0 aromatic heterocycles. The summed E-state index contributed by atoms with van der Waals surface area (Å²) in [7, 11) is 0. The Balaban J connectivity index is 1.38. The maximum atomic E-state index is 9.55. The lowest BCUT2D eigenvalue weighted by Crippen LogP contribution is -1.84. The number of phenols is 4. The van der Waals surface area contributed by atoms with Gasteiger partial charge in [-0.25, -0.2) is 0 Å². The fourth-order valence-electron chi connectivity index (χ4n) is 3.24. The average Bonchev–Trinajstić information content (AvgIpc) is 2.77. The molecular weight excluding hydrogens is 416 g/mol. The Morgan fingerprint density at radius 1 is 0.394 bits per heavy atom. The number of phenolic OH excluding ortho intramolecular Hbond substituents is 4. The minimum Gasteiger partial charge on any atom is -0.508 e. The average molecular weight is 438 g/mol. The van der Waals surface area contributed by atoms with Gasteiger partial charge in [0, 0.05) is 12.1 Å². The maximum absolute atomic E-state index is 9.55. The summed E-state index contributed by atoms with van der Waals surface area (Å²) in [5.74, 6) is 1.44. The van der Waals surface area contributed by atoms with Gasteiger partial charge in [0.15, 0.2) is 0 Å². The Labute approximate surface area is 191 Å². The van der Waals surface area contributed by atoms with Crippen molar-refractivity contribution in [3.8, 4) is 34.5 Å². The van der Waals surface area contributed by atoms with E-state index >= 15 is 0 Å². The molecule has 0 aliphatic heterocycles. The van der Waals surface area contributed by atoms with Crippen molar-refractivity contribution in [2.75, 3.05) is 0 Å². The Kier molecular flexibility index (Phi) is 6.32. The van der Waals surface area contributed by atoms with Crippen LogP contribution in [0.3, 0.4) is 0 Å². The smallest absolute Gasteiger partial charge is 0.127 e. The van der Waals surface area contributed by atoms with Crippen molar-refractivity contribution in [1.29, 1.82) is 0 Å². The van der Waals surface area contributed by atoms with Gasteiger partial charge in [0.25, 0.3) is 0 Å². The van der Waals surface area contributed by atoms with E-state index in [1.807, 2.05) is 60.7 Å². The minimum absolute atomic E-state index is 0.0126. The summed E-state index contributed by atoms with van der Waals surface area (Å²) in [5, 5.41) is 38.2. The molecule has 4 N–H and O–H groups in total. The molecule has 0 aliphatic rings. The van der Waals surface area contributed by atoms with Crippen molar-refractivity contribution in [2.24, 2.45) is 0 Å². The Morgan fingerprint density at radius 3 is 1.03 bits per heavy atom. The van der Waals surface area contributed by atoms with Gasteiger partial charge in [-0.15, -0.1) is 0 Å². The molecule has 0 unspecified atom stereocenters. The van der Waals surface area contributed by atoms with Crippen LogP contribution >= 0.6 is 0 Å². The summed E-state index contributed by atoms with van der Waals surface area (Å²) in [6.07, 6.45) is 7.37. The number of hydrogen-bond acceptors (Lipinski definition) is 5. The van der Waals surface area contributed by atoms with Crippen molar-refractivity contribution >= 4 is 24.3 Å². The first-order valence-corrected chi connectivity index (χ1v) is 10.2. The summed E-state index contributed by atoms with van der Waals surface area (Å²) in [5.41, 5.74) is 3.29. The molecule has 0 saturated carbocycles. The molecule has 4 rings (SSSR count). The zero-order valence-corrected chi connectivity index (χ0v) is 17.6. The predicted molar refractivity (Wildman–Crippen MR) is 130 cm³/mol. The van der Waals surface area contributed by atoms with E-state index in [2.05, 4.69) is 0 Å². The van der Waals surface area contributed by atoms with Gasteiger partial charge in [-0.05, 0) is 70.8 Å². The number of benzene rings is 4. The van der Waals surface area contributed by atoms with Crippen LogP contribution in [-0.2, 0) is 0 Å². The van der Waals surface area contributed by atoms with E-state index in [1.165, 1.54) is 12.1 Å². The van der Waals surface area contributed by atoms with Gasteiger partial charge in [-0.2, -0.15) is 0 Å². The molecule has 0 heterocycles. The molecule has 4 aromatic carbocycles. The lowest BCUT2D eigenvalue weighted by molar-refractivity contribution is 0.449. The molecule has 5 heteroatoms. The lowest BCUT2D eigenvalue weighted by atomic mass is 10.1. The van der Waals surface area contributed by atoms with Crippen LogP contribution in [0.1, 0.15) is 22.3 Å². The van der Waals surface area contributed by atoms with Crippen LogP contribution < -0.4 is 4.74 Å². The van der Waals surface area contributed by atoms with E-state index < -0.39 is 0 Å².